The molecule has 0 radical (unpaired) electrons. The maximum Gasteiger partial charge on any atom is 0.307 e. The lowest BCUT2D eigenvalue weighted by Gasteiger charge is -2.10. The number of rotatable bonds is 6. The number of fused-ring (bicyclic) bond motifs is 1. The highest BCUT2D eigenvalue weighted by Crippen LogP contribution is 2.24. The minimum atomic E-state index is -0.344. The number of nitrogens with one attached hydrogen (secondary N) is 1. The molecule has 0 aromatic carbocycles. The van der Waals surface area contributed by atoms with Crippen molar-refractivity contribution in [3.05, 3.63) is 35.2 Å². The number of hydrogen-bond acceptors (Lipinski definition) is 4. The highest BCUT2D eigenvalue weighted by Gasteiger charge is 2.22. The van der Waals surface area contributed by atoms with Crippen LogP contribution < -0.4 is 5.32 Å². The largest absolute Gasteiger partial charge is 0.461 e. The van der Waals surface area contributed by atoms with Crippen LogP contribution in [-0.2, 0) is 20.9 Å². The van der Waals surface area contributed by atoms with Gasteiger partial charge in [0.05, 0.1) is 11.4 Å². The van der Waals surface area contributed by atoms with Gasteiger partial charge in [-0.05, 0) is 18.9 Å². The lowest BCUT2D eigenvalue weighted by atomic mass is 10.1. The fourth-order valence-electron chi connectivity index (χ4n) is 2.98. The second-order valence-electron chi connectivity index (χ2n) is 6.04. The summed E-state index contributed by atoms with van der Waals surface area (Å²) in [6.07, 6.45) is 9.56. The number of esters is 1. The Labute approximate surface area is 145 Å². The number of carbonyl (C=O) groups excluding carboxylic acids is 2. The molecule has 2 aromatic heterocycles. The molecule has 0 aliphatic heterocycles. The molecule has 2 aromatic rings. The molecular formula is C17H20ClN3O3. The molecular weight excluding hydrogens is 330 g/mol. The van der Waals surface area contributed by atoms with Gasteiger partial charge < -0.3 is 14.5 Å². The van der Waals surface area contributed by atoms with Gasteiger partial charge >= 0.3 is 5.97 Å². The average Bonchev–Trinajstić information content (AvgIpc) is 3.24. The van der Waals surface area contributed by atoms with Crippen LogP contribution in [0.3, 0.4) is 0 Å². The Bertz CT molecular complexity index is 738. The van der Waals surface area contributed by atoms with E-state index in [1.165, 1.54) is 0 Å². The zero-order valence-corrected chi connectivity index (χ0v) is 14.1. The molecule has 24 heavy (non-hydrogen) atoms. The third-order valence-corrected chi connectivity index (χ3v) is 4.53. The molecule has 128 valence electrons. The van der Waals surface area contributed by atoms with Gasteiger partial charge in [0.2, 0.25) is 5.91 Å². The number of carbonyl (C=O) groups is 2. The number of imidazole rings is 1. The quantitative estimate of drug-likeness (QED) is 0.814. The fourth-order valence-corrected chi connectivity index (χ4v) is 3.27. The summed E-state index contributed by atoms with van der Waals surface area (Å²) in [4.78, 5) is 27.8. The van der Waals surface area contributed by atoms with Crippen LogP contribution in [0.2, 0.25) is 5.02 Å². The molecule has 0 unspecified atom stereocenters. The van der Waals surface area contributed by atoms with Crippen LogP contribution in [0, 0.1) is 5.92 Å². The van der Waals surface area contributed by atoms with Crippen molar-refractivity contribution in [2.75, 3.05) is 6.54 Å². The van der Waals surface area contributed by atoms with Crippen molar-refractivity contribution in [1.29, 1.82) is 0 Å². The van der Waals surface area contributed by atoms with Crippen molar-refractivity contribution in [3.63, 3.8) is 0 Å². The van der Waals surface area contributed by atoms with Crippen molar-refractivity contribution in [1.82, 2.24) is 14.7 Å². The number of ether oxygens (including phenoxy) is 1. The maximum absolute atomic E-state index is 11.9. The van der Waals surface area contributed by atoms with E-state index in [9.17, 15) is 9.59 Å². The smallest absolute Gasteiger partial charge is 0.307 e. The van der Waals surface area contributed by atoms with E-state index < -0.39 is 0 Å². The zero-order chi connectivity index (χ0) is 16.9. The lowest BCUT2D eigenvalue weighted by Crippen LogP contribution is -2.31. The molecule has 0 bridgehead atoms. The average molecular weight is 350 g/mol. The predicted octanol–water partition coefficient (Wildman–Crippen LogP) is 2.73. The zero-order valence-electron chi connectivity index (χ0n) is 13.3. The molecule has 0 spiro atoms. The molecule has 2 heterocycles. The molecule has 7 heteroatoms. The van der Waals surface area contributed by atoms with E-state index in [4.69, 9.17) is 16.3 Å². The fraction of sp³-hybridized carbons (Fsp3) is 0.471. The third kappa shape index (κ3) is 4.06. The molecule has 1 amide bonds. The minimum Gasteiger partial charge on any atom is -0.461 e. The van der Waals surface area contributed by atoms with Crippen LogP contribution >= 0.6 is 11.6 Å². The molecule has 0 saturated heterocycles. The Morgan fingerprint density at radius 2 is 2.17 bits per heavy atom. The van der Waals surface area contributed by atoms with Gasteiger partial charge in [0.1, 0.15) is 6.61 Å². The molecule has 1 fully saturated rings. The Balaban J connectivity index is 1.42. The van der Waals surface area contributed by atoms with E-state index in [-0.39, 0.29) is 30.8 Å². The number of halogens is 1. The maximum atomic E-state index is 11.9. The number of nitrogens with zero attached hydrogens (tertiary/aromatic N) is 2. The third-order valence-electron chi connectivity index (χ3n) is 4.25. The molecule has 1 aliphatic carbocycles. The van der Waals surface area contributed by atoms with Crippen LogP contribution in [0.4, 0.5) is 0 Å². The van der Waals surface area contributed by atoms with E-state index >= 15 is 0 Å². The number of aromatic nitrogens is 2. The van der Waals surface area contributed by atoms with E-state index in [1.807, 2.05) is 6.20 Å². The summed E-state index contributed by atoms with van der Waals surface area (Å²) in [6.45, 7) is 0.457. The summed E-state index contributed by atoms with van der Waals surface area (Å²) >= 11 is 6.13. The normalized spacial score (nSPS) is 14.9. The second-order valence-corrected chi connectivity index (χ2v) is 6.44. The van der Waals surface area contributed by atoms with Crippen LogP contribution in [0.25, 0.3) is 5.65 Å². The molecule has 3 rings (SSSR count). The van der Waals surface area contributed by atoms with E-state index in [2.05, 4.69) is 10.3 Å². The van der Waals surface area contributed by atoms with Gasteiger partial charge in [-0.15, -0.1) is 0 Å². The molecule has 1 N–H and O–H groups in total. The summed E-state index contributed by atoms with van der Waals surface area (Å²) in [6, 6.07) is 1.74. The van der Waals surface area contributed by atoms with Gasteiger partial charge in [-0.2, -0.15) is 0 Å². The topological polar surface area (TPSA) is 72.7 Å². The summed E-state index contributed by atoms with van der Waals surface area (Å²) < 4.78 is 7.02. The molecule has 0 atom stereocenters. The van der Waals surface area contributed by atoms with Crippen LogP contribution in [0.1, 0.15) is 37.7 Å². The van der Waals surface area contributed by atoms with Crippen LogP contribution in [-0.4, -0.2) is 27.8 Å². The predicted molar refractivity (Wildman–Crippen MR) is 89.6 cm³/mol. The van der Waals surface area contributed by atoms with Crippen LogP contribution in [0.15, 0.2) is 24.7 Å². The number of hydrogen-bond donors (Lipinski definition) is 1. The first-order valence-corrected chi connectivity index (χ1v) is 8.55. The van der Waals surface area contributed by atoms with E-state index in [1.54, 1.807) is 22.9 Å². The Morgan fingerprint density at radius 1 is 1.38 bits per heavy atom. The van der Waals surface area contributed by atoms with Gasteiger partial charge in [0.25, 0.3) is 0 Å². The van der Waals surface area contributed by atoms with Gasteiger partial charge in [0, 0.05) is 36.6 Å². The Morgan fingerprint density at radius 3 is 2.96 bits per heavy atom. The first kappa shape index (κ1) is 16.8. The van der Waals surface area contributed by atoms with Gasteiger partial charge in [-0.1, -0.05) is 24.4 Å². The SMILES string of the molecule is O=C(CCNC(=O)C1CCCC1)OCc1cc(Cl)c2nccn2c1. The highest BCUT2D eigenvalue weighted by atomic mass is 35.5. The first-order chi connectivity index (χ1) is 11.6. The van der Waals surface area contributed by atoms with E-state index in [0.717, 1.165) is 31.2 Å². The van der Waals surface area contributed by atoms with Crippen molar-refractivity contribution >= 4 is 29.1 Å². The molecule has 6 nitrogen and oxygen atoms in total. The standard InChI is InChI=1S/C17H20ClN3O3/c18-14-9-12(10-21-8-7-19-16(14)21)11-24-15(22)5-6-20-17(23)13-3-1-2-4-13/h7-10,13H,1-6,11H2,(H,20,23). The number of amides is 1. The Kier molecular flexibility index (Phi) is 5.35. The second kappa shape index (κ2) is 7.66. The van der Waals surface area contributed by atoms with Crippen molar-refractivity contribution < 1.29 is 14.3 Å². The lowest BCUT2D eigenvalue weighted by molar-refractivity contribution is -0.144. The summed E-state index contributed by atoms with van der Waals surface area (Å²) in [5.74, 6) is -0.175. The monoisotopic (exact) mass is 349 g/mol. The van der Waals surface area contributed by atoms with Crippen LogP contribution in [0.5, 0.6) is 0 Å². The van der Waals surface area contributed by atoms with Gasteiger partial charge in [-0.25, -0.2) is 4.98 Å². The van der Waals surface area contributed by atoms with Crippen molar-refractivity contribution in [2.45, 2.75) is 38.7 Å². The Hall–Kier alpha value is -2.08. The summed E-state index contributed by atoms with van der Waals surface area (Å²) in [5.41, 5.74) is 1.45. The number of pyridine rings is 1. The summed E-state index contributed by atoms with van der Waals surface area (Å²) in [5, 5.41) is 3.32. The van der Waals surface area contributed by atoms with Gasteiger partial charge in [0.15, 0.2) is 5.65 Å². The van der Waals surface area contributed by atoms with Crippen molar-refractivity contribution in [2.24, 2.45) is 5.92 Å². The van der Waals surface area contributed by atoms with Gasteiger partial charge in [-0.3, -0.25) is 9.59 Å². The minimum absolute atomic E-state index is 0.0534. The molecule has 1 aliphatic rings. The summed E-state index contributed by atoms with van der Waals surface area (Å²) in [7, 11) is 0. The first-order valence-electron chi connectivity index (χ1n) is 8.18. The van der Waals surface area contributed by atoms with Crippen molar-refractivity contribution in [3.8, 4) is 0 Å². The van der Waals surface area contributed by atoms with E-state index in [0.29, 0.717) is 17.2 Å². The highest BCUT2D eigenvalue weighted by molar-refractivity contribution is 6.33. The molecule has 1 saturated carbocycles.